The van der Waals surface area contributed by atoms with Gasteiger partial charge in [-0.05, 0) is 60.7 Å². The number of carbonyl (C=O) groups is 2. The zero-order valence-electron chi connectivity index (χ0n) is 18.8. The highest BCUT2D eigenvalue weighted by atomic mass is 16.5. The highest BCUT2D eigenvalue weighted by molar-refractivity contribution is 5.89. The number of rotatable bonds is 12. The van der Waals surface area contributed by atoms with Crippen LogP contribution in [-0.2, 0) is 9.59 Å². The van der Waals surface area contributed by atoms with E-state index in [1.54, 1.807) is 12.1 Å². The van der Waals surface area contributed by atoms with Gasteiger partial charge in [-0.2, -0.15) is 5.10 Å². The summed E-state index contributed by atoms with van der Waals surface area (Å²) in [5.41, 5.74) is 4.24. The molecule has 1 atom stereocenters. The number of para-hydroxylation sites is 1. The second-order valence-electron chi connectivity index (χ2n) is 7.71. The van der Waals surface area contributed by atoms with Crippen LogP contribution in [0.4, 0.5) is 0 Å². The zero-order valence-corrected chi connectivity index (χ0v) is 18.8. The topological polar surface area (TPSA) is 89.0 Å². The largest absolute Gasteiger partial charge is 0.490 e. The van der Waals surface area contributed by atoms with Crippen LogP contribution in [0, 0.1) is 12.8 Å². The second-order valence-corrected chi connectivity index (χ2v) is 7.71. The number of aryl methyl sites for hydroxylation is 1. The molecule has 7 heteroatoms. The van der Waals surface area contributed by atoms with Crippen LogP contribution in [0.25, 0.3) is 0 Å². The Morgan fingerprint density at radius 3 is 2.47 bits per heavy atom. The van der Waals surface area contributed by atoms with Crippen molar-refractivity contribution in [3.05, 3.63) is 72.3 Å². The number of hydrogen-bond donors (Lipinski definition) is 2. The maximum Gasteiger partial charge on any atom is 0.262 e. The third kappa shape index (κ3) is 8.63. The van der Waals surface area contributed by atoms with Gasteiger partial charge in [-0.15, -0.1) is 0 Å². The molecule has 0 fully saturated rings. The van der Waals surface area contributed by atoms with Crippen molar-refractivity contribution in [1.29, 1.82) is 0 Å². The molecule has 2 amide bonds. The summed E-state index contributed by atoms with van der Waals surface area (Å²) < 4.78 is 11.0. The molecule has 0 radical (unpaired) electrons. The van der Waals surface area contributed by atoms with Gasteiger partial charge in [0.1, 0.15) is 24.1 Å². The predicted octanol–water partition coefficient (Wildman–Crippen LogP) is 3.62. The van der Waals surface area contributed by atoms with E-state index in [0.717, 1.165) is 16.9 Å². The molecule has 2 N–H and O–H groups in total. The molecule has 32 heavy (non-hydrogen) atoms. The smallest absolute Gasteiger partial charge is 0.262 e. The fourth-order valence-electron chi connectivity index (χ4n) is 2.85. The van der Waals surface area contributed by atoms with Gasteiger partial charge < -0.3 is 14.8 Å². The lowest BCUT2D eigenvalue weighted by atomic mass is 10.0. The van der Waals surface area contributed by atoms with E-state index < -0.39 is 6.04 Å². The normalized spacial score (nSPS) is 11.8. The zero-order chi connectivity index (χ0) is 23.3. The quantitative estimate of drug-likeness (QED) is 0.302. The number of carbonyl (C=O) groups excluding carboxylic acids is 2. The number of benzene rings is 2. The summed E-state index contributed by atoms with van der Waals surface area (Å²) in [6, 6.07) is 14.0. The van der Waals surface area contributed by atoms with Crippen LogP contribution in [0.5, 0.6) is 11.5 Å². The van der Waals surface area contributed by atoms with Crippen molar-refractivity contribution >= 4 is 18.0 Å². The number of amides is 2. The summed E-state index contributed by atoms with van der Waals surface area (Å²) in [4.78, 5) is 24.9. The molecule has 170 valence electrons. The molecule has 2 aromatic carbocycles. The van der Waals surface area contributed by atoms with E-state index in [1.807, 2.05) is 63.2 Å². The molecule has 0 saturated heterocycles. The van der Waals surface area contributed by atoms with Gasteiger partial charge >= 0.3 is 0 Å². The summed E-state index contributed by atoms with van der Waals surface area (Å²) in [5, 5.41) is 6.75. The Balaban J connectivity index is 1.89. The summed E-state index contributed by atoms with van der Waals surface area (Å²) in [6.45, 7) is 9.74. The molecule has 0 saturated carbocycles. The van der Waals surface area contributed by atoms with Crippen molar-refractivity contribution in [2.24, 2.45) is 11.0 Å². The summed E-state index contributed by atoms with van der Waals surface area (Å²) in [5.74, 6) is 0.811. The first kappa shape index (κ1) is 24.7. The molecule has 0 heterocycles. The fraction of sp³-hybridized carbons (Fsp3) is 0.320. The Morgan fingerprint density at radius 2 is 1.81 bits per heavy atom. The lowest BCUT2D eigenvalue weighted by molar-refractivity contribution is -0.130. The van der Waals surface area contributed by atoms with E-state index in [-0.39, 0.29) is 24.3 Å². The molecular weight excluding hydrogens is 406 g/mol. The van der Waals surface area contributed by atoms with Gasteiger partial charge in [0.25, 0.3) is 11.8 Å². The number of hydrogen-bond acceptors (Lipinski definition) is 5. The minimum atomic E-state index is -0.713. The highest BCUT2D eigenvalue weighted by Crippen LogP contribution is 2.16. The van der Waals surface area contributed by atoms with E-state index in [4.69, 9.17) is 9.47 Å². The van der Waals surface area contributed by atoms with Crippen LogP contribution in [-0.4, -0.2) is 37.3 Å². The van der Waals surface area contributed by atoms with E-state index in [0.29, 0.717) is 18.8 Å². The third-order valence-corrected chi connectivity index (χ3v) is 4.45. The number of nitrogens with one attached hydrogen (secondary N) is 2. The lowest BCUT2D eigenvalue weighted by Crippen LogP contribution is -2.47. The van der Waals surface area contributed by atoms with E-state index >= 15 is 0 Å². The maximum atomic E-state index is 12.6. The minimum absolute atomic E-state index is 0.170. The Hall–Kier alpha value is -3.61. The molecule has 0 unspecified atom stereocenters. The number of hydrazone groups is 1. The van der Waals surface area contributed by atoms with E-state index in [2.05, 4.69) is 22.4 Å². The third-order valence-electron chi connectivity index (χ3n) is 4.45. The van der Waals surface area contributed by atoms with Gasteiger partial charge in [0, 0.05) is 0 Å². The van der Waals surface area contributed by atoms with Crippen molar-refractivity contribution in [2.75, 3.05) is 13.2 Å². The lowest BCUT2D eigenvalue weighted by Gasteiger charge is -2.19. The van der Waals surface area contributed by atoms with Crippen LogP contribution in [0.1, 0.15) is 31.4 Å². The van der Waals surface area contributed by atoms with Crippen LogP contribution in [0.3, 0.4) is 0 Å². The first-order chi connectivity index (χ1) is 15.4. The summed E-state index contributed by atoms with van der Waals surface area (Å²) in [6.07, 6.45) is 3.68. The van der Waals surface area contributed by atoms with E-state index in [1.165, 1.54) is 6.21 Å². The SMILES string of the molecule is C=CCOc1ccc(/C=N\NC(=O)[C@@H](CC(C)C)NC(=O)COc2ccccc2C)cc1. The molecule has 7 nitrogen and oxygen atoms in total. The van der Waals surface area contributed by atoms with Crippen LogP contribution < -0.4 is 20.2 Å². The average molecular weight is 438 g/mol. The van der Waals surface area contributed by atoms with Crippen molar-refractivity contribution in [3.8, 4) is 11.5 Å². The van der Waals surface area contributed by atoms with Crippen LogP contribution in [0.15, 0.2) is 66.3 Å². The maximum absolute atomic E-state index is 12.6. The average Bonchev–Trinajstić information content (AvgIpc) is 2.77. The number of nitrogens with zero attached hydrogens (tertiary/aromatic N) is 1. The van der Waals surface area contributed by atoms with Crippen LogP contribution >= 0.6 is 0 Å². The van der Waals surface area contributed by atoms with Crippen molar-refractivity contribution in [1.82, 2.24) is 10.7 Å². The summed E-state index contributed by atoms with van der Waals surface area (Å²) in [7, 11) is 0. The first-order valence-corrected chi connectivity index (χ1v) is 10.5. The molecule has 0 aliphatic heterocycles. The van der Waals surface area contributed by atoms with Gasteiger partial charge in [0.2, 0.25) is 0 Å². The molecule has 2 rings (SSSR count). The Labute approximate surface area is 189 Å². The van der Waals surface area contributed by atoms with E-state index in [9.17, 15) is 9.59 Å². The second kappa shape index (κ2) is 12.9. The molecule has 0 aliphatic carbocycles. The minimum Gasteiger partial charge on any atom is -0.490 e. The number of ether oxygens (including phenoxy) is 2. The monoisotopic (exact) mass is 437 g/mol. The fourth-order valence-corrected chi connectivity index (χ4v) is 2.85. The van der Waals surface area contributed by atoms with Gasteiger partial charge in [0.05, 0.1) is 6.21 Å². The first-order valence-electron chi connectivity index (χ1n) is 10.5. The Kier molecular flexibility index (Phi) is 9.97. The summed E-state index contributed by atoms with van der Waals surface area (Å²) >= 11 is 0. The Morgan fingerprint density at radius 1 is 1.09 bits per heavy atom. The molecule has 0 bridgehead atoms. The molecular formula is C25H31N3O4. The van der Waals surface area contributed by atoms with Crippen LogP contribution in [0.2, 0.25) is 0 Å². The van der Waals surface area contributed by atoms with Gasteiger partial charge in [-0.3, -0.25) is 9.59 Å². The molecule has 2 aromatic rings. The van der Waals surface area contributed by atoms with Crippen molar-refractivity contribution in [2.45, 2.75) is 33.2 Å². The Bertz CT molecular complexity index is 923. The van der Waals surface area contributed by atoms with Crippen molar-refractivity contribution in [3.63, 3.8) is 0 Å². The molecule has 0 aliphatic rings. The van der Waals surface area contributed by atoms with Gasteiger partial charge in [0.15, 0.2) is 6.61 Å². The van der Waals surface area contributed by atoms with Gasteiger partial charge in [-0.1, -0.05) is 44.7 Å². The van der Waals surface area contributed by atoms with Crippen molar-refractivity contribution < 1.29 is 19.1 Å². The molecule has 0 spiro atoms. The molecule has 0 aromatic heterocycles. The standard InChI is InChI=1S/C25H31N3O4/c1-5-14-31-21-12-10-20(11-13-21)16-26-28-25(30)22(15-18(2)3)27-24(29)17-32-23-9-7-6-8-19(23)4/h5-13,16,18,22H,1,14-15,17H2,2-4H3,(H,27,29)(H,28,30)/b26-16-/t22-/m1/s1. The predicted molar refractivity (Wildman–Crippen MR) is 126 cm³/mol. The van der Waals surface area contributed by atoms with Gasteiger partial charge in [-0.25, -0.2) is 5.43 Å². The highest BCUT2D eigenvalue weighted by Gasteiger charge is 2.22.